The Balaban J connectivity index is 0. The molecule has 57 valence electrons. The number of carbonyl (C=O) groups is 2. The van der Waals surface area contributed by atoms with Crippen molar-refractivity contribution < 1.29 is 37.1 Å². The molecule has 0 bridgehead atoms. The fraction of sp³-hybridized carbons (Fsp3) is 0.500. The number of carboxylic acid groups (broad SMARTS) is 1. The Morgan fingerprint density at radius 1 is 1.56 bits per heavy atom. The number of carboxylic acids is 1. The van der Waals surface area contributed by atoms with E-state index >= 15 is 0 Å². The molecule has 1 radical (unpaired) electrons. The summed E-state index contributed by atoms with van der Waals surface area (Å²) in [5.41, 5.74) is 0. The van der Waals surface area contributed by atoms with Crippen molar-refractivity contribution in [2.45, 2.75) is 6.92 Å². The Bertz CT molecular complexity index is 100. The largest absolute Gasteiger partial charge is 0.480 e. The van der Waals surface area contributed by atoms with E-state index in [1.165, 1.54) is 6.92 Å². The molecule has 4 nitrogen and oxygen atoms in total. The van der Waals surface area contributed by atoms with E-state index < -0.39 is 5.97 Å². The van der Waals surface area contributed by atoms with Crippen molar-refractivity contribution in [3.63, 3.8) is 0 Å². The van der Waals surface area contributed by atoms with Crippen LogP contribution in [0.3, 0.4) is 0 Å². The zero-order valence-electron chi connectivity index (χ0n) is 4.77. The summed E-state index contributed by atoms with van der Waals surface area (Å²) >= 11 is 0. The molecular formula is C4H7AgNO3. The molecule has 1 amide bonds. The van der Waals surface area contributed by atoms with Gasteiger partial charge < -0.3 is 10.4 Å². The van der Waals surface area contributed by atoms with Gasteiger partial charge in [-0.3, -0.25) is 9.59 Å². The maximum absolute atomic E-state index is 9.97. The van der Waals surface area contributed by atoms with Crippen LogP contribution in [0.15, 0.2) is 0 Å². The molecule has 0 fully saturated rings. The SMILES string of the molecule is CC(=O)NCC(=O)O.[Ag]. The zero-order chi connectivity index (χ0) is 6.57. The maximum Gasteiger partial charge on any atom is 0.322 e. The molecular weight excluding hydrogens is 218 g/mol. The van der Waals surface area contributed by atoms with E-state index in [4.69, 9.17) is 5.11 Å². The van der Waals surface area contributed by atoms with Crippen LogP contribution in [0.1, 0.15) is 6.92 Å². The third kappa shape index (κ3) is 11.3. The topological polar surface area (TPSA) is 66.4 Å². The minimum atomic E-state index is -1.03. The van der Waals surface area contributed by atoms with Crippen molar-refractivity contribution in [1.29, 1.82) is 0 Å². The first-order valence-electron chi connectivity index (χ1n) is 2.09. The first-order valence-corrected chi connectivity index (χ1v) is 2.09. The van der Waals surface area contributed by atoms with Gasteiger partial charge in [-0.25, -0.2) is 0 Å². The van der Waals surface area contributed by atoms with E-state index in [2.05, 4.69) is 5.32 Å². The van der Waals surface area contributed by atoms with Crippen LogP contribution < -0.4 is 5.32 Å². The number of rotatable bonds is 2. The standard InChI is InChI=1S/C4H7NO3.Ag/c1-3(6)5-2-4(7)8;/h2H2,1H3,(H,5,6)(H,7,8);. The van der Waals surface area contributed by atoms with Crippen LogP contribution in [0.4, 0.5) is 0 Å². The fourth-order valence-electron chi connectivity index (χ4n) is 0.200. The predicted molar refractivity (Wildman–Crippen MR) is 26.3 cm³/mol. The van der Waals surface area contributed by atoms with Gasteiger partial charge in [0.05, 0.1) is 0 Å². The van der Waals surface area contributed by atoms with Crippen LogP contribution in [0, 0.1) is 0 Å². The van der Waals surface area contributed by atoms with Crippen LogP contribution >= 0.6 is 0 Å². The molecule has 2 N–H and O–H groups in total. The molecule has 0 unspecified atom stereocenters. The Kier molecular flexibility index (Phi) is 7.41. The fourth-order valence-corrected chi connectivity index (χ4v) is 0.200. The summed E-state index contributed by atoms with van der Waals surface area (Å²) in [5, 5.41) is 10.1. The third-order valence-corrected chi connectivity index (χ3v) is 0.489. The minimum absolute atomic E-state index is 0. The molecule has 5 heteroatoms. The van der Waals surface area contributed by atoms with Crippen LogP contribution in [0.25, 0.3) is 0 Å². The summed E-state index contributed by atoms with van der Waals surface area (Å²) in [4.78, 5) is 19.7. The van der Waals surface area contributed by atoms with Crippen molar-refractivity contribution in [1.82, 2.24) is 5.32 Å². The molecule has 0 rings (SSSR count). The van der Waals surface area contributed by atoms with E-state index in [1.54, 1.807) is 0 Å². The van der Waals surface area contributed by atoms with E-state index in [9.17, 15) is 9.59 Å². The van der Waals surface area contributed by atoms with Crippen molar-refractivity contribution in [2.75, 3.05) is 6.54 Å². The van der Waals surface area contributed by atoms with Gasteiger partial charge in [0.25, 0.3) is 0 Å². The summed E-state index contributed by atoms with van der Waals surface area (Å²) in [5.74, 6) is -1.35. The van der Waals surface area contributed by atoms with Crippen molar-refractivity contribution in [2.24, 2.45) is 0 Å². The molecule has 0 saturated carbocycles. The molecule has 0 aliphatic heterocycles. The van der Waals surface area contributed by atoms with Gasteiger partial charge in [0, 0.05) is 29.3 Å². The molecule has 0 atom stereocenters. The summed E-state index contributed by atoms with van der Waals surface area (Å²) in [6.07, 6.45) is 0. The van der Waals surface area contributed by atoms with E-state index in [0.29, 0.717) is 0 Å². The Morgan fingerprint density at radius 2 is 2.00 bits per heavy atom. The van der Waals surface area contributed by atoms with Gasteiger partial charge >= 0.3 is 5.97 Å². The van der Waals surface area contributed by atoms with E-state index in [-0.39, 0.29) is 34.8 Å². The van der Waals surface area contributed by atoms with Gasteiger partial charge in [0.1, 0.15) is 6.54 Å². The summed E-state index contributed by atoms with van der Waals surface area (Å²) in [7, 11) is 0. The summed E-state index contributed by atoms with van der Waals surface area (Å²) < 4.78 is 0. The number of amides is 1. The second kappa shape index (κ2) is 5.81. The summed E-state index contributed by atoms with van der Waals surface area (Å²) in [6.45, 7) is 0.971. The number of hydrogen-bond donors (Lipinski definition) is 2. The molecule has 0 aromatic heterocycles. The van der Waals surface area contributed by atoms with Crippen molar-refractivity contribution in [3.8, 4) is 0 Å². The average molecular weight is 225 g/mol. The zero-order valence-corrected chi connectivity index (χ0v) is 6.25. The van der Waals surface area contributed by atoms with Gasteiger partial charge in [-0.2, -0.15) is 0 Å². The molecule has 0 aromatic rings. The van der Waals surface area contributed by atoms with Crippen LogP contribution in [0.2, 0.25) is 0 Å². The average Bonchev–Trinajstić information content (AvgIpc) is 1.61. The Morgan fingerprint density at radius 3 is 2.11 bits per heavy atom. The van der Waals surface area contributed by atoms with Gasteiger partial charge in [-0.1, -0.05) is 0 Å². The second-order valence-corrected chi connectivity index (χ2v) is 1.30. The van der Waals surface area contributed by atoms with E-state index in [0.717, 1.165) is 0 Å². The van der Waals surface area contributed by atoms with Crippen LogP contribution in [-0.2, 0) is 32.0 Å². The number of nitrogens with one attached hydrogen (secondary N) is 1. The predicted octanol–water partition coefficient (Wildman–Crippen LogP) is -0.795. The molecule has 0 spiro atoms. The molecule has 0 aliphatic carbocycles. The van der Waals surface area contributed by atoms with Crippen LogP contribution in [-0.4, -0.2) is 23.5 Å². The summed E-state index contributed by atoms with van der Waals surface area (Å²) in [6, 6.07) is 0. The molecule has 0 saturated heterocycles. The number of hydrogen-bond acceptors (Lipinski definition) is 2. The molecule has 0 aromatic carbocycles. The normalized spacial score (nSPS) is 7.22. The first-order chi connectivity index (χ1) is 3.63. The van der Waals surface area contributed by atoms with Crippen molar-refractivity contribution in [3.05, 3.63) is 0 Å². The second-order valence-electron chi connectivity index (χ2n) is 1.30. The molecule has 0 aliphatic rings. The molecule has 9 heavy (non-hydrogen) atoms. The maximum atomic E-state index is 9.97. The number of carbonyl (C=O) groups excluding carboxylic acids is 1. The monoisotopic (exact) mass is 224 g/mol. The van der Waals surface area contributed by atoms with Gasteiger partial charge in [-0.05, 0) is 0 Å². The van der Waals surface area contributed by atoms with Gasteiger partial charge in [0.15, 0.2) is 0 Å². The quantitative estimate of drug-likeness (QED) is 0.605. The van der Waals surface area contributed by atoms with E-state index in [1.807, 2.05) is 0 Å². The van der Waals surface area contributed by atoms with Gasteiger partial charge in [-0.15, -0.1) is 0 Å². The third-order valence-electron chi connectivity index (χ3n) is 0.489. The Labute approximate surface area is 68.1 Å². The smallest absolute Gasteiger partial charge is 0.322 e. The van der Waals surface area contributed by atoms with Crippen molar-refractivity contribution >= 4 is 11.9 Å². The first kappa shape index (κ1) is 11.5. The molecule has 0 heterocycles. The van der Waals surface area contributed by atoms with Crippen LogP contribution in [0.5, 0.6) is 0 Å². The Hall–Kier alpha value is -0.320. The minimum Gasteiger partial charge on any atom is -0.480 e. The number of aliphatic carboxylic acids is 1. The van der Waals surface area contributed by atoms with Gasteiger partial charge in [0.2, 0.25) is 5.91 Å².